The molecule has 38 heavy (non-hydrogen) atoms. The van der Waals surface area contributed by atoms with Gasteiger partial charge in [-0.2, -0.15) is 0 Å². The molecule has 0 radical (unpaired) electrons. The lowest BCUT2D eigenvalue weighted by Gasteiger charge is -2.18. The molecule has 4 aromatic rings. The fourth-order valence-corrected chi connectivity index (χ4v) is 4.63. The number of hydrogen-bond acceptors (Lipinski definition) is 5. The molecule has 8 heteroatoms. The van der Waals surface area contributed by atoms with Crippen molar-refractivity contribution in [2.45, 2.75) is 45.2 Å². The highest BCUT2D eigenvalue weighted by atomic mass is 16.6. The number of aromatic nitrogens is 1. The van der Waals surface area contributed by atoms with Crippen molar-refractivity contribution in [1.82, 2.24) is 9.88 Å². The van der Waals surface area contributed by atoms with E-state index < -0.39 is 16.9 Å². The van der Waals surface area contributed by atoms with E-state index >= 15 is 0 Å². The maximum absolute atomic E-state index is 12.9. The van der Waals surface area contributed by atoms with Crippen LogP contribution in [0.3, 0.4) is 0 Å². The van der Waals surface area contributed by atoms with E-state index in [9.17, 15) is 19.7 Å². The Balaban J connectivity index is 1.42. The van der Waals surface area contributed by atoms with Crippen LogP contribution in [-0.2, 0) is 27.3 Å². The predicted molar refractivity (Wildman–Crippen MR) is 146 cm³/mol. The van der Waals surface area contributed by atoms with E-state index in [0.29, 0.717) is 12.0 Å². The van der Waals surface area contributed by atoms with E-state index in [2.05, 4.69) is 40.3 Å². The Morgan fingerprint density at radius 2 is 1.79 bits per heavy atom. The zero-order valence-corrected chi connectivity index (χ0v) is 21.3. The van der Waals surface area contributed by atoms with Gasteiger partial charge in [-0.15, -0.1) is 0 Å². The van der Waals surface area contributed by atoms with E-state index in [1.54, 1.807) is 19.1 Å². The third kappa shape index (κ3) is 6.85. The van der Waals surface area contributed by atoms with E-state index in [0.717, 1.165) is 18.5 Å². The lowest BCUT2D eigenvalue weighted by atomic mass is 10.0. The minimum absolute atomic E-state index is 0.0995. The summed E-state index contributed by atoms with van der Waals surface area (Å²) in [7, 11) is 0. The fraction of sp³-hybridized carbons (Fsp3) is 0.267. The van der Waals surface area contributed by atoms with Gasteiger partial charge in [0.1, 0.15) is 0 Å². The summed E-state index contributed by atoms with van der Waals surface area (Å²) in [6.07, 6.45) is 3.64. The second-order valence-electron chi connectivity index (χ2n) is 9.12. The molecule has 0 aliphatic rings. The molecule has 0 fully saturated rings. The normalized spacial score (nSPS) is 11.7. The van der Waals surface area contributed by atoms with Gasteiger partial charge in [0.2, 0.25) is 5.91 Å². The van der Waals surface area contributed by atoms with Crippen molar-refractivity contribution in [2.24, 2.45) is 0 Å². The molecule has 0 aliphatic heterocycles. The summed E-state index contributed by atoms with van der Waals surface area (Å²) in [5.74, 6) is -0.700. The average Bonchev–Trinajstić information content (AvgIpc) is 3.26. The van der Waals surface area contributed by atoms with E-state index in [1.165, 1.54) is 28.6 Å². The van der Waals surface area contributed by atoms with Crippen LogP contribution >= 0.6 is 0 Å². The number of rotatable bonds is 12. The Bertz CT molecular complexity index is 1410. The number of ether oxygens (including phenoxy) is 1. The largest absolute Gasteiger partial charge is 0.466 e. The summed E-state index contributed by atoms with van der Waals surface area (Å²) in [4.78, 5) is 35.8. The Morgan fingerprint density at radius 1 is 1.03 bits per heavy atom. The number of hydrogen-bond donors (Lipinski definition) is 1. The minimum atomic E-state index is -0.714. The molecule has 1 N–H and O–H groups in total. The zero-order valence-electron chi connectivity index (χ0n) is 21.3. The molecule has 0 saturated heterocycles. The molecule has 196 valence electrons. The number of carbonyl (C=O) groups is 2. The van der Waals surface area contributed by atoms with Gasteiger partial charge in [-0.25, -0.2) is 0 Å². The molecule has 1 aromatic heterocycles. The molecule has 0 aliphatic carbocycles. The predicted octanol–water partition coefficient (Wildman–Crippen LogP) is 5.73. The van der Waals surface area contributed by atoms with Crippen LogP contribution in [0.15, 0.2) is 85.1 Å². The summed E-state index contributed by atoms with van der Waals surface area (Å²) in [6.45, 7) is 2.68. The number of non-ortho nitro benzene ring substituents is 1. The summed E-state index contributed by atoms with van der Waals surface area (Å²) >= 11 is 0. The molecule has 1 heterocycles. The standard InChI is InChI=1S/C30H31N3O5/c1-2-38-30(35)19-27(23-12-8-14-25(18-23)33(36)37)31-29(34)17-9-13-24-21-32(20-22-10-4-3-5-11-22)28-16-7-6-15-26(24)28/h3-8,10-12,14-16,18,21,27H,2,9,13,17,19-20H2,1H3,(H,31,34)/t27-/m1/s1. The molecule has 0 unspecified atom stereocenters. The monoisotopic (exact) mass is 513 g/mol. The molecular formula is C30H31N3O5. The first-order valence-electron chi connectivity index (χ1n) is 12.7. The van der Waals surface area contributed by atoms with Gasteiger partial charge < -0.3 is 14.6 Å². The summed E-state index contributed by atoms with van der Waals surface area (Å²) < 4.78 is 7.29. The topological polar surface area (TPSA) is 103 Å². The van der Waals surface area contributed by atoms with Gasteiger partial charge in [-0.1, -0.05) is 60.7 Å². The van der Waals surface area contributed by atoms with Gasteiger partial charge >= 0.3 is 5.97 Å². The molecule has 3 aromatic carbocycles. The van der Waals surface area contributed by atoms with Gasteiger partial charge in [0.25, 0.3) is 5.69 Å². The number of fused-ring (bicyclic) bond motifs is 1. The van der Waals surface area contributed by atoms with Crippen LogP contribution in [0.2, 0.25) is 0 Å². The number of nitro groups is 1. The maximum Gasteiger partial charge on any atom is 0.308 e. The second-order valence-corrected chi connectivity index (χ2v) is 9.12. The van der Waals surface area contributed by atoms with Gasteiger partial charge in [0, 0.05) is 42.2 Å². The first kappa shape index (κ1) is 26.6. The van der Waals surface area contributed by atoms with E-state index in [4.69, 9.17) is 4.74 Å². The number of nitro benzene ring substituents is 1. The van der Waals surface area contributed by atoms with Crippen LogP contribution in [0.5, 0.6) is 0 Å². The lowest BCUT2D eigenvalue weighted by Crippen LogP contribution is -2.30. The molecule has 1 amide bonds. The van der Waals surface area contributed by atoms with Crippen LogP contribution < -0.4 is 5.32 Å². The molecule has 0 bridgehead atoms. The Morgan fingerprint density at radius 3 is 2.55 bits per heavy atom. The average molecular weight is 514 g/mol. The van der Waals surface area contributed by atoms with Crippen LogP contribution in [0.4, 0.5) is 5.69 Å². The number of aryl methyl sites for hydroxylation is 1. The van der Waals surface area contributed by atoms with Crippen molar-refractivity contribution in [3.05, 3.63) is 112 Å². The zero-order chi connectivity index (χ0) is 26.9. The highest BCUT2D eigenvalue weighted by Crippen LogP contribution is 2.25. The van der Waals surface area contributed by atoms with Crippen molar-refractivity contribution in [2.75, 3.05) is 6.61 Å². The van der Waals surface area contributed by atoms with Gasteiger partial charge in [0.15, 0.2) is 0 Å². The molecular weight excluding hydrogens is 482 g/mol. The van der Waals surface area contributed by atoms with Crippen LogP contribution in [-0.4, -0.2) is 28.0 Å². The van der Waals surface area contributed by atoms with Crippen molar-refractivity contribution < 1.29 is 19.2 Å². The van der Waals surface area contributed by atoms with Gasteiger partial charge in [-0.05, 0) is 42.5 Å². The number of benzene rings is 3. The van der Waals surface area contributed by atoms with Crippen molar-refractivity contribution in [3.8, 4) is 0 Å². The molecule has 0 spiro atoms. The number of esters is 1. The van der Waals surface area contributed by atoms with Crippen LogP contribution in [0.25, 0.3) is 10.9 Å². The quantitative estimate of drug-likeness (QED) is 0.148. The lowest BCUT2D eigenvalue weighted by molar-refractivity contribution is -0.384. The van der Waals surface area contributed by atoms with E-state index in [-0.39, 0.29) is 31.0 Å². The summed E-state index contributed by atoms with van der Waals surface area (Å²) in [5, 5.41) is 15.3. The van der Waals surface area contributed by atoms with Crippen molar-refractivity contribution in [1.29, 1.82) is 0 Å². The Kier molecular flexibility index (Phi) is 8.87. The van der Waals surface area contributed by atoms with E-state index in [1.807, 2.05) is 30.3 Å². The number of carbonyl (C=O) groups excluding carboxylic acids is 2. The molecule has 4 rings (SSSR count). The number of nitrogens with one attached hydrogen (secondary N) is 1. The Labute approximate surface area is 221 Å². The fourth-order valence-electron chi connectivity index (χ4n) is 4.63. The highest BCUT2D eigenvalue weighted by molar-refractivity contribution is 5.84. The summed E-state index contributed by atoms with van der Waals surface area (Å²) in [5.41, 5.74) is 3.93. The molecule has 1 atom stereocenters. The molecule has 8 nitrogen and oxygen atoms in total. The number of amides is 1. The molecule has 0 saturated carbocycles. The van der Waals surface area contributed by atoms with Gasteiger partial charge in [-0.3, -0.25) is 19.7 Å². The van der Waals surface area contributed by atoms with Crippen molar-refractivity contribution in [3.63, 3.8) is 0 Å². The van der Waals surface area contributed by atoms with Crippen molar-refractivity contribution >= 4 is 28.5 Å². The van der Waals surface area contributed by atoms with Crippen LogP contribution in [0, 0.1) is 10.1 Å². The first-order valence-corrected chi connectivity index (χ1v) is 12.7. The van der Waals surface area contributed by atoms with Crippen LogP contribution in [0.1, 0.15) is 48.9 Å². The van der Waals surface area contributed by atoms with Gasteiger partial charge in [0.05, 0.1) is 24.0 Å². The third-order valence-corrected chi connectivity index (χ3v) is 6.41. The Hall–Kier alpha value is -4.46. The number of nitrogens with zero attached hydrogens (tertiary/aromatic N) is 2. The smallest absolute Gasteiger partial charge is 0.308 e. The summed E-state index contributed by atoms with van der Waals surface area (Å²) in [6, 6.07) is 23.8. The number of para-hydroxylation sites is 1. The maximum atomic E-state index is 12.9. The minimum Gasteiger partial charge on any atom is -0.466 e. The SMILES string of the molecule is CCOC(=O)C[C@@H](NC(=O)CCCc1cn(Cc2ccccc2)c2ccccc12)c1cccc([N+](=O)[O-])c1. The second kappa shape index (κ2) is 12.7. The highest BCUT2D eigenvalue weighted by Gasteiger charge is 2.21. The first-order chi connectivity index (χ1) is 18.4. The third-order valence-electron chi connectivity index (χ3n) is 6.41.